The van der Waals surface area contributed by atoms with Gasteiger partial charge in [-0.25, -0.2) is 8.78 Å². The summed E-state index contributed by atoms with van der Waals surface area (Å²) < 4.78 is 25.8. The van der Waals surface area contributed by atoms with Crippen LogP contribution in [0.15, 0.2) is 48.5 Å². The predicted molar refractivity (Wildman–Crippen MR) is 93.3 cm³/mol. The smallest absolute Gasteiger partial charge is 0.253 e. The second kappa shape index (κ2) is 8.08. The average Bonchev–Trinajstić information content (AvgIpc) is 2.67. The van der Waals surface area contributed by atoms with Crippen molar-refractivity contribution >= 4 is 11.8 Å². The average molecular weight is 358 g/mol. The van der Waals surface area contributed by atoms with Crippen LogP contribution >= 0.6 is 0 Å². The van der Waals surface area contributed by atoms with Gasteiger partial charge in [-0.2, -0.15) is 0 Å². The molecule has 0 atom stereocenters. The molecule has 0 radical (unpaired) electrons. The van der Waals surface area contributed by atoms with Crippen LogP contribution in [0.5, 0.6) is 0 Å². The molecule has 1 N–H and O–H groups in total. The summed E-state index contributed by atoms with van der Waals surface area (Å²) in [6.45, 7) is 1.34. The van der Waals surface area contributed by atoms with Crippen molar-refractivity contribution in [3.63, 3.8) is 0 Å². The molecular formula is C20H20F2N2O2. The third-order valence-electron chi connectivity index (χ3n) is 4.62. The van der Waals surface area contributed by atoms with Gasteiger partial charge in [0.15, 0.2) is 0 Å². The predicted octanol–water partition coefficient (Wildman–Crippen LogP) is 3.13. The van der Waals surface area contributed by atoms with Gasteiger partial charge in [-0.05, 0) is 54.8 Å². The van der Waals surface area contributed by atoms with Crippen LogP contribution in [0.4, 0.5) is 8.78 Å². The summed E-state index contributed by atoms with van der Waals surface area (Å²) >= 11 is 0. The van der Waals surface area contributed by atoms with Crippen molar-refractivity contribution in [2.75, 3.05) is 13.1 Å². The molecule has 3 rings (SSSR count). The minimum Gasteiger partial charge on any atom is -0.352 e. The van der Waals surface area contributed by atoms with Crippen molar-refractivity contribution in [1.29, 1.82) is 0 Å². The van der Waals surface area contributed by atoms with Gasteiger partial charge >= 0.3 is 0 Å². The topological polar surface area (TPSA) is 49.4 Å². The van der Waals surface area contributed by atoms with E-state index in [0.29, 0.717) is 38.0 Å². The van der Waals surface area contributed by atoms with Crippen LogP contribution in [0.1, 0.15) is 28.8 Å². The SMILES string of the molecule is O=C(NCc1ccc(F)cc1)C1CCN(C(=O)c2ccc(F)cc2)CC1. The molecule has 6 heteroatoms. The number of hydrogen-bond acceptors (Lipinski definition) is 2. The lowest BCUT2D eigenvalue weighted by Gasteiger charge is -2.31. The van der Waals surface area contributed by atoms with Crippen LogP contribution in [0.2, 0.25) is 0 Å². The van der Waals surface area contributed by atoms with Gasteiger partial charge < -0.3 is 10.2 Å². The van der Waals surface area contributed by atoms with E-state index >= 15 is 0 Å². The standard InChI is InChI=1S/C20H20F2N2O2/c21-17-5-1-14(2-6-17)13-23-19(25)15-9-11-24(12-10-15)20(26)16-3-7-18(22)8-4-16/h1-8,15H,9-13H2,(H,23,25). The summed E-state index contributed by atoms with van der Waals surface area (Å²) in [5.41, 5.74) is 1.29. The second-order valence-corrected chi connectivity index (χ2v) is 6.42. The number of benzene rings is 2. The normalized spacial score (nSPS) is 14.9. The molecule has 2 aromatic rings. The molecule has 1 fully saturated rings. The molecule has 0 aliphatic carbocycles. The van der Waals surface area contributed by atoms with E-state index in [1.807, 2.05) is 0 Å². The van der Waals surface area contributed by atoms with Crippen LogP contribution in [0.25, 0.3) is 0 Å². The Bertz CT molecular complexity index is 767. The summed E-state index contributed by atoms with van der Waals surface area (Å²) in [6.07, 6.45) is 1.17. The molecule has 26 heavy (non-hydrogen) atoms. The molecule has 1 aliphatic heterocycles. The van der Waals surface area contributed by atoms with Gasteiger partial charge in [0.2, 0.25) is 5.91 Å². The van der Waals surface area contributed by atoms with Crippen molar-refractivity contribution in [2.24, 2.45) is 5.92 Å². The number of nitrogens with zero attached hydrogens (tertiary/aromatic N) is 1. The Hall–Kier alpha value is -2.76. The van der Waals surface area contributed by atoms with E-state index in [4.69, 9.17) is 0 Å². The first-order valence-corrected chi connectivity index (χ1v) is 8.60. The number of likely N-dealkylation sites (tertiary alicyclic amines) is 1. The van der Waals surface area contributed by atoms with Gasteiger partial charge in [0.1, 0.15) is 11.6 Å². The molecule has 0 unspecified atom stereocenters. The van der Waals surface area contributed by atoms with Gasteiger partial charge in [0.25, 0.3) is 5.91 Å². The quantitative estimate of drug-likeness (QED) is 0.913. The Balaban J connectivity index is 1.48. The van der Waals surface area contributed by atoms with Crippen LogP contribution < -0.4 is 5.32 Å². The van der Waals surface area contributed by atoms with E-state index in [-0.39, 0.29) is 29.4 Å². The number of halogens is 2. The van der Waals surface area contributed by atoms with Gasteiger partial charge in [0.05, 0.1) is 0 Å². The van der Waals surface area contributed by atoms with Gasteiger partial charge in [-0.15, -0.1) is 0 Å². The zero-order valence-electron chi connectivity index (χ0n) is 14.3. The lowest BCUT2D eigenvalue weighted by molar-refractivity contribution is -0.126. The molecule has 2 amide bonds. The van der Waals surface area contributed by atoms with Gasteiger partial charge in [0, 0.05) is 31.1 Å². The molecule has 4 nitrogen and oxygen atoms in total. The molecule has 136 valence electrons. The number of rotatable bonds is 4. The third-order valence-corrected chi connectivity index (χ3v) is 4.62. The van der Waals surface area contributed by atoms with E-state index in [9.17, 15) is 18.4 Å². The first-order chi connectivity index (χ1) is 12.5. The summed E-state index contributed by atoms with van der Waals surface area (Å²) in [5, 5.41) is 2.86. The Kier molecular flexibility index (Phi) is 5.61. The zero-order chi connectivity index (χ0) is 18.5. The van der Waals surface area contributed by atoms with Gasteiger partial charge in [-0.1, -0.05) is 12.1 Å². The highest BCUT2D eigenvalue weighted by Crippen LogP contribution is 2.19. The summed E-state index contributed by atoms with van der Waals surface area (Å²) in [7, 11) is 0. The molecule has 0 bridgehead atoms. The maximum atomic E-state index is 13.0. The van der Waals surface area contributed by atoms with Crippen molar-refractivity contribution in [1.82, 2.24) is 10.2 Å². The number of nitrogens with one attached hydrogen (secondary N) is 1. The Morgan fingerprint density at radius 3 is 2.04 bits per heavy atom. The summed E-state index contributed by atoms with van der Waals surface area (Å²) in [4.78, 5) is 26.4. The minimum absolute atomic E-state index is 0.0526. The number of carbonyl (C=O) groups excluding carboxylic acids is 2. The maximum Gasteiger partial charge on any atom is 0.253 e. The van der Waals surface area contributed by atoms with E-state index in [1.54, 1.807) is 17.0 Å². The van der Waals surface area contributed by atoms with Crippen molar-refractivity contribution < 1.29 is 18.4 Å². The monoisotopic (exact) mass is 358 g/mol. The first-order valence-electron chi connectivity index (χ1n) is 8.60. The van der Waals surface area contributed by atoms with Crippen LogP contribution in [0, 0.1) is 17.6 Å². The van der Waals surface area contributed by atoms with Crippen molar-refractivity contribution in [3.8, 4) is 0 Å². The molecule has 0 spiro atoms. The highest BCUT2D eigenvalue weighted by atomic mass is 19.1. The van der Waals surface area contributed by atoms with E-state index in [2.05, 4.69) is 5.32 Å². The highest BCUT2D eigenvalue weighted by Gasteiger charge is 2.27. The van der Waals surface area contributed by atoms with Crippen molar-refractivity contribution in [3.05, 3.63) is 71.3 Å². The van der Waals surface area contributed by atoms with E-state index in [1.165, 1.54) is 36.4 Å². The minimum atomic E-state index is -0.377. The van der Waals surface area contributed by atoms with Crippen LogP contribution in [-0.2, 0) is 11.3 Å². The Morgan fingerprint density at radius 1 is 0.923 bits per heavy atom. The van der Waals surface area contributed by atoms with Crippen LogP contribution in [-0.4, -0.2) is 29.8 Å². The van der Waals surface area contributed by atoms with Crippen molar-refractivity contribution in [2.45, 2.75) is 19.4 Å². The summed E-state index contributed by atoms with van der Waals surface area (Å²) in [6, 6.07) is 11.5. The Morgan fingerprint density at radius 2 is 1.46 bits per heavy atom. The van der Waals surface area contributed by atoms with Gasteiger partial charge in [-0.3, -0.25) is 9.59 Å². The number of piperidine rings is 1. The Labute approximate surface area is 150 Å². The molecule has 1 heterocycles. The van der Waals surface area contributed by atoms with E-state index in [0.717, 1.165) is 5.56 Å². The fourth-order valence-corrected chi connectivity index (χ4v) is 3.06. The molecule has 1 saturated heterocycles. The highest BCUT2D eigenvalue weighted by molar-refractivity contribution is 5.94. The number of hydrogen-bond donors (Lipinski definition) is 1. The lowest BCUT2D eigenvalue weighted by atomic mass is 9.95. The second-order valence-electron chi connectivity index (χ2n) is 6.42. The molecular weight excluding hydrogens is 338 g/mol. The fraction of sp³-hybridized carbons (Fsp3) is 0.300. The maximum absolute atomic E-state index is 13.0. The molecule has 0 saturated carbocycles. The fourth-order valence-electron chi connectivity index (χ4n) is 3.06. The first kappa shape index (κ1) is 18.0. The van der Waals surface area contributed by atoms with E-state index < -0.39 is 0 Å². The lowest BCUT2D eigenvalue weighted by Crippen LogP contribution is -2.42. The molecule has 2 aromatic carbocycles. The zero-order valence-corrected chi connectivity index (χ0v) is 14.3. The number of amides is 2. The molecule has 1 aliphatic rings. The van der Waals surface area contributed by atoms with Crippen LogP contribution in [0.3, 0.4) is 0 Å². The number of carbonyl (C=O) groups is 2. The third kappa shape index (κ3) is 4.45. The largest absolute Gasteiger partial charge is 0.352 e. The molecule has 0 aromatic heterocycles. The summed E-state index contributed by atoms with van der Waals surface area (Å²) in [5.74, 6) is -1.03.